The second-order valence-electron chi connectivity index (χ2n) is 5.58. The zero-order chi connectivity index (χ0) is 15.6. The van der Waals surface area contributed by atoms with Gasteiger partial charge in [-0.15, -0.1) is 0 Å². The van der Waals surface area contributed by atoms with E-state index in [1.807, 2.05) is 0 Å². The second-order valence-corrected chi connectivity index (χ2v) is 5.58. The molecule has 0 unspecified atom stereocenters. The summed E-state index contributed by atoms with van der Waals surface area (Å²) in [6.07, 6.45) is 0. The molecule has 0 fully saturated rings. The molecule has 2 aromatic rings. The van der Waals surface area contributed by atoms with Crippen LogP contribution in [0.1, 0.15) is 35.0 Å². The normalized spacial score (nSPS) is 10.8. The molecule has 0 saturated carbocycles. The predicted octanol–water partition coefficient (Wildman–Crippen LogP) is 4.36. The highest BCUT2D eigenvalue weighted by Gasteiger charge is 2.10. The van der Waals surface area contributed by atoms with Crippen molar-refractivity contribution in [2.75, 3.05) is 12.4 Å². The number of benzene rings is 1. The lowest BCUT2D eigenvalue weighted by Gasteiger charge is -2.15. The molecule has 1 heterocycles. The van der Waals surface area contributed by atoms with Gasteiger partial charge in [0.05, 0.1) is 7.11 Å². The van der Waals surface area contributed by atoms with Crippen LogP contribution >= 0.6 is 0 Å². The van der Waals surface area contributed by atoms with Gasteiger partial charge < -0.3 is 14.6 Å². The van der Waals surface area contributed by atoms with E-state index in [1.165, 1.54) is 28.1 Å². The van der Waals surface area contributed by atoms with E-state index in [9.17, 15) is 0 Å². The summed E-state index contributed by atoms with van der Waals surface area (Å²) in [6.45, 7) is 12.6. The van der Waals surface area contributed by atoms with E-state index in [2.05, 4.69) is 62.7 Å². The summed E-state index contributed by atoms with van der Waals surface area (Å²) < 4.78 is 7.84. The van der Waals surface area contributed by atoms with Crippen molar-refractivity contribution in [3.63, 3.8) is 0 Å². The fraction of sp³-hybridized carbons (Fsp3) is 0.444. The van der Waals surface area contributed by atoms with Gasteiger partial charge in [0.15, 0.2) is 0 Å². The Hall–Kier alpha value is -1.90. The van der Waals surface area contributed by atoms with Gasteiger partial charge in [0.25, 0.3) is 0 Å². The van der Waals surface area contributed by atoms with Crippen molar-refractivity contribution < 1.29 is 4.74 Å². The number of aryl methyl sites for hydroxylation is 2. The molecule has 0 aliphatic heterocycles. The van der Waals surface area contributed by atoms with Crippen LogP contribution in [0.4, 0.5) is 5.69 Å². The van der Waals surface area contributed by atoms with Crippen LogP contribution in [0.15, 0.2) is 18.2 Å². The maximum Gasteiger partial charge on any atom is 0.126 e. The SMILES string of the molecule is CCn1c(C)cc(CNc2ccc(C)c(OC)c2C)c1C. The fourth-order valence-electron chi connectivity index (χ4n) is 3.06. The Morgan fingerprint density at radius 1 is 1.14 bits per heavy atom. The Kier molecular flexibility index (Phi) is 4.61. The monoisotopic (exact) mass is 286 g/mol. The van der Waals surface area contributed by atoms with E-state index in [0.29, 0.717) is 0 Å². The molecule has 0 amide bonds. The molecular formula is C18H26N2O. The Morgan fingerprint density at radius 2 is 1.86 bits per heavy atom. The van der Waals surface area contributed by atoms with Crippen LogP contribution in [-0.4, -0.2) is 11.7 Å². The minimum Gasteiger partial charge on any atom is -0.496 e. The molecule has 0 bridgehead atoms. The lowest BCUT2D eigenvalue weighted by atomic mass is 10.1. The maximum atomic E-state index is 5.49. The molecule has 1 aromatic heterocycles. The van der Waals surface area contributed by atoms with Crippen molar-refractivity contribution in [2.24, 2.45) is 0 Å². The number of nitrogens with one attached hydrogen (secondary N) is 1. The molecule has 114 valence electrons. The molecule has 0 atom stereocenters. The third-order valence-electron chi connectivity index (χ3n) is 4.27. The fourth-order valence-corrected chi connectivity index (χ4v) is 3.06. The summed E-state index contributed by atoms with van der Waals surface area (Å²) in [4.78, 5) is 0. The quantitative estimate of drug-likeness (QED) is 0.883. The third-order valence-corrected chi connectivity index (χ3v) is 4.27. The number of aromatic nitrogens is 1. The van der Waals surface area contributed by atoms with Gasteiger partial charge in [-0.2, -0.15) is 0 Å². The Bertz CT molecular complexity index is 641. The third kappa shape index (κ3) is 2.92. The van der Waals surface area contributed by atoms with Crippen LogP contribution in [0, 0.1) is 27.7 Å². The van der Waals surface area contributed by atoms with Crippen molar-refractivity contribution in [1.29, 1.82) is 0 Å². The van der Waals surface area contributed by atoms with Crippen LogP contribution < -0.4 is 10.1 Å². The average molecular weight is 286 g/mol. The van der Waals surface area contributed by atoms with Gasteiger partial charge in [-0.05, 0) is 57.9 Å². The highest BCUT2D eigenvalue weighted by atomic mass is 16.5. The van der Waals surface area contributed by atoms with E-state index in [0.717, 1.165) is 24.5 Å². The van der Waals surface area contributed by atoms with E-state index in [1.54, 1.807) is 7.11 Å². The molecule has 0 aliphatic rings. The van der Waals surface area contributed by atoms with Crippen molar-refractivity contribution in [3.8, 4) is 5.75 Å². The molecule has 0 radical (unpaired) electrons. The van der Waals surface area contributed by atoms with Crippen LogP contribution in [0.25, 0.3) is 0 Å². The van der Waals surface area contributed by atoms with E-state index in [-0.39, 0.29) is 0 Å². The number of nitrogens with zero attached hydrogens (tertiary/aromatic N) is 1. The number of anilines is 1. The lowest BCUT2D eigenvalue weighted by molar-refractivity contribution is 0.409. The zero-order valence-electron chi connectivity index (χ0n) is 14.0. The van der Waals surface area contributed by atoms with Crippen LogP contribution in [0.2, 0.25) is 0 Å². The van der Waals surface area contributed by atoms with Gasteiger partial charge in [-0.1, -0.05) is 6.07 Å². The van der Waals surface area contributed by atoms with Gasteiger partial charge in [-0.25, -0.2) is 0 Å². The lowest BCUT2D eigenvalue weighted by Crippen LogP contribution is -2.05. The first-order valence-corrected chi connectivity index (χ1v) is 7.53. The maximum absolute atomic E-state index is 5.49. The Labute approximate surface area is 127 Å². The molecular weight excluding hydrogens is 260 g/mol. The second kappa shape index (κ2) is 6.25. The largest absolute Gasteiger partial charge is 0.496 e. The van der Waals surface area contributed by atoms with Crippen molar-refractivity contribution in [2.45, 2.75) is 47.7 Å². The summed E-state index contributed by atoms with van der Waals surface area (Å²) in [6, 6.07) is 6.50. The Morgan fingerprint density at radius 3 is 2.43 bits per heavy atom. The van der Waals surface area contributed by atoms with Crippen molar-refractivity contribution in [3.05, 3.63) is 46.3 Å². The minimum atomic E-state index is 0.840. The first-order chi connectivity index (χ1) is 9.99. The van der Waals surface area contributed by atoms with Gasteiger partial charge >= 0.3 is 0 Å². The Balaban J connectivity index is 2.21. The molecule has 0 spiro atoms. The summed E-state index contributed by atoms with van der Waals surface area (Å²) in [7, 11) is 1.73. The van der Waals surface area contributed by atoms with Crippen LogP contribution in [0.5, 0.6) is 5.75 Å². The summed E-state index contributed by atoms with van der Waals surface area (Å²) in [5, 5.41) is 3.54. The first-order valence-electron chi connectivity index (χ1n) is 7.53. The summed E-state index contributed by atoms with van der Waals surface area (Å²) in [5.74, 6) is 0.971. The molecule has 3 heteroatoms. The molecule has 0 saturated heterocycles. The standard InChI is InChI=1S/C18H26N2O/c1-7-20-13(3)10-16(15(20)5)11-19-17-9-8-12(2)18(21-6)14(17)4/h8-10,19H,7,11H2,1-6H3. The molecule has 1 aromatic carbocycles. The molecule has 21 heavy (non-hydrogen) atoms. The molecule has 3 nitrogen and oxygen atoms in total. The molecule has 0 aliphatic carbocycles. The van der Waals surface area contributed by atoms with Crippen LogP contribution in [-0.2, 0) is 13.1 Å². The van der Waals surface area contributed by atoms with Gasteiger partial charge in [-0.3, -0.25) is 0 Å². The molecule has 1 N–H and O–H groups in total. The van der Waals surface area contributed by atoms with E-state index < -0.39 is 0 Å². The summed E-state index contributed by atoms with van der Waals surface area (Å²) in [5.41, 5.74) is 7.50. The topological polar surface area (TPSA) is 26.2 Å². The van der Waals surface area contributed by atoms with Crippen molar-refractivity contribution >= 4 is 5.69 Å². The summed E-state index contributed by atoms with van der Waals surface area (Å²) >= 11 is 0. The van der Waals surface area contributed by atoms with Crippen molar-refractivity contribution in [1.82, 2.24) is 4.57 Å². The number of hydrogen-bond acceptors (Lipinski definition) is 2. The smallest absolute Gasteiger partial charge is 0.126 e. The van der Waals surface area contributed by atoms with E-state index in [4.69, 9.17) is 4.74 Å². The first kappa shape index (κ1) is 15.5. The predicted molar refractivity (Wildman–Crippen MR) is 89.4 cm³/mol. The van der Waals surface area contributed by atoms with E-state index >= 15 is 0 Å². The number of methoxy groups -OCH3 is 1. The number of rotatable bonds is 5. The molecule has 2 rings (SSSR count). The van der Waals surface area contributed by atoms with Gasteiger partial charge in [0, 0.05) is 35.7 Å². The highest BCUT2D eigenvalue weighted by molar-refractivity contribution is 5.59. The minimum absolute atomic E-state index is 0.840. The van der Waals surface area contributed by atoms with Gasteiger partial charge in [0.1, 0.15) is 5.75 Å². The van der Waals surface area contributed by atoms with Crippen LogP contribution in [0.3, 0.4) is 0 Å². The zero-order valence-corrected chi connectivity index (χ0v) is 14.0. The highest BCUT2D eigenvalue weighted by Crippen LogP contribution is 2.29. The number of ether oxygens (including phenoxy) is 1. The average Bonchev–Trinajstić information content (AvgIpc) is 2.72. The van der Waals surface area contributed by atoms with Gasteiger partial charge in [0.2, 0.25) is 0 Å². The number of hydrogen-bond donors (Lipinski definition) is 1.